The molecule has 0 unspecified atom stereocenters. The lowest BCUT2D eigenvalue weighted by Crippen LogP contribution is -2.36. The van der Waals surface area contributed by atoms with Crippen molar-refractivity contribution in [2.75, 3.05) is 6.61 Å². The van der Waals surface area contributed by atoms with Gasteiger partial charge < -0.3 is 14.6 Å². The quantitative estimate of drug-likeness (QED) is 0.942. The van der Waals surface area contributed by atoms with Crippen molar-refractivity contribution < 1.29 is 18.4 Å². The van der Waals surface area contributed by atoms with Gasteiger partial charge in [0, 0.05) is 12.7 Å². The topological polar surface area (TPSA) is 64.4 Å². The van der Waals surface area contributed by atoms with Gasteiger partial charge in [-0.05, 0) is 31.0 Å². The van der Waals surface area contributed by atoms with E-state index in [0.29, 0.717) is 24.3 Å². The minimum absolute atomic E-state index is 0.0551. The number of halogens is 2. The second-order valence-electron chi connectivity index (χ2n) is 5.17. The standard InChI is InChI=1S/C15H14ClFN2O3/c1-8-6-13(22-19-8)15(20)18-12-4-5-21-14(12)9-2-3-10(16)11(17)7-9/h2-3,6-7,12,14H,4-5H2,1H3,(H,18,20)/t12-,14+/m0/s1. The number of carbonyl (C=O) groups excluding carboxylic acids is 1. The molecule has 1 amide bonds. The Morgan fingerprint density at radius 2 is 2.27 bits per heavy atom. The van der Waals surface area contributed by atoms with Crippen molar-refractivity contribution >= 4 is 17.5 Å². The van der Waals surface area contributed by atoms with E-state index in [1.54, 1.807) is 19.1 Å². The smallest absolute Gasteiger partial charge is 0.290 e. The molecular formula is C15H14ClFN2O3. The molecule has 1 saturated heterocycles. The monoisotopic (exact) mass is 324 g/mol. The Bertz CT molecular complexity index is 704. The number of carbonyl (C=O) groups is 1. The summed E-state index contributed by atoms with van der Waals surface area (Å²) < 4.78 is 24.1. The average molecular weight is 325 g/mol. The molecule has 7 heteroatoms. The van der Waals surface area contributed by atoms with Crippen LogP contribution in [-0.4, -0.2) is 23.7 Å². The summed E-state index contributed by atoms with van der Waals surface area (Å²) >= 11 is 5.69. The second kappa shape index (κ2) is 6.06. The predicted octanol–water partition coefficient (Wildman–Crippen LogP) is 3.04. The molecule has 116 valence electrons. The molecule has 22 heavy (non-hydrogen) atoms. The van der Waals surface area contributed by atoms with Crippen molar-refractivity contribution in [3.8, 4) is 0 Å². The van der Waals surface area contributed by atoms with Gasteiger partial charge in [0.2, 0.25) is 5.76 Å². The molecule has 1 fully saturated rings. The third-order valence-corrected chi connectivity index (χ3v) is 3.84. The SMILES string of the molecule is Cc1cc(C(=O)N[C@H]2CCO[C@@H]2c2ccc(Cl)c(F)c2)on1. The third-order valence-electron chi connectivity index (χ3n) is 3.53. The highest BCUT2D eigenvalue weighted by molar-refractivity contribution is 6.30. The lowest BCUT2D eigenvalue weighted by Gasteiger charge is -2.19. The molecule has 5 nitrogen and oxygen atoms in total. The fourth-order valence-corrected chi connectivity index (χ4v) is 2.58. The Balaban J connectivity index is 1.75. The van der Waals surface area contributed by atoms with Crippen molar-refractivity contribution in [2.45, 2.75) is 25.5 Å². The third kappa shape index (κ3) is 2.98. The summed E-state index contributed by atoms with van der Waals surface area (Å²) in [5.41, 5.74) is 1.27. The van der Waals surface area contributed by atoms with Crippen molar-refractivity contribution in [1.82, 2.24) is 10.5 Å². The van der Waals surface area contributed by atoms with Crippen LogP contribution in [0.25, 0.3) is 0 Å². The molecule has 0 spiro atoms. The minimum atomic E-state index is -0.509. The number of hydrogen-bond donors (Lipinski definition) is 1. The van der Waals surface area contributed by atoms with Crippen LogP contribution in [-0.2, 0) is 4.74 Å². The first-order valence-corrected chi connectivity index (χ1v) is 7.23. The van der Waals surface area contributed by atoms with E-state index in [1.807, 2.05) is 0 Å². The predicted molar refractivity (Wildman–Crippen MR) is 77.2 cm³/mol. The highest BCUT2D eigenvalue weighted by Gasteiger charge is 2.32. The Morgan fingerprint density at radius 3 is 2.95 bits per heavy atom. The van der Waals surface area contributed by atoms with Crippen LogP contribution >= 0.6 is 11.6 Å². The van der Waals surface area contributed by atoms with Crippen molar-refractivity contribution in [3.63, 3.8) is 0 Å². The largest absolute Gasteiger partial charge is 0.371 e. The van der Waals surface area contributed by atoms with Gasteiger partial charge in [-0.1, -0.05) is 22.8 Å². The molecule has 1 aliphatic rings. The molecular weight excluding hydrogens is 311 g/mol. The molecule has 3 rings (SSSR count). The Morgan fingerprint density at radius 1 is 1.45 bits per heavy atom. The molecule has 1 aromatic carbocycles. The van der Waals surface area contributed by atoms with E-state index in [0.717, 1.165) is 0 Å². The molecule has 0 aliphatic carbocycles. The van der Waals surface area contributed by atoms with Crippen LogP contribution in [0, 0.1) is 12.7 Å². The van der Waals surface area contributed by atoms with E-state index in [9.17, 15) is 9.18 Å². The van der Waals surface area contributed by atoms with Gasteiger partial charge in [-0.2, -0.15) is 0 Å². The number of hydrogen-bond acceptors (Lipinski definition) is 4. The molecule has 1 aliphatic heterocycles. The average Bonchev–Trinajstić information content (AvgIpc) is 3.11. The summed E-state index contributed by atoms with van der Waals surface area (Å²) in [6.45, 7) is 2.22. The second-order valence-corrected chi connectivity index (χ2v) is 5.57. The molecule has 0 radical (unpaired) electrons. The molecule has 2 atom stereocenters. The van der Waals surface area contributed by atoms with E-state index in [4.69, 9.17) is 20.9 Å². The van der Waals surface area contributed by atoms with Gasteiger partial charge in [0.25, 0.3) is 5.91 Å². The zero-order valence-electron chi connectivity index (χ0n) is 11.8. The molecule has 2 heterocycles. The zero-order valence-corrected chi connectivity index (χ0v) is 12.6. The first-order chi connectivity index (χ1) is 10.5. The fraction of sp³-hybridized carbons (Fsp3) is 0.333. The van der Waals surface area contributed by atoms with Crippen LogP contribution < -0.4 is 5.32 Å². The Hall–Kier alpha value is -1.92. The number of benzene rings is 1. The van der Waals surface area contributed by atoms with Crippen molar-refractivity contribution in [2.24, 2.45) is 0 Å². The minimum Gasteiger partial charge on any atom is -0.371 e. The number of ether oxygens (including phenoxy) is 1. The number of nitrogens with one attached hydrogen (secondary N) is 1. The summed E-state index contributed by atoms with van der Waals surface area (Å²) in [6.07, 6.45) is 0.216. The van der Waals surface area contributed by atoms with E-state index < -0.39 is 11.9 Å². The molecule has 1 aromatic heterocycles. The highest BCUT2D eigenvalue weighted by Crippen LogP contribution is 2.31. The maximum atomic E-state index is 13.6. The van der Waals surface area contributed by atoms with Gasteiger partial charge in [-0.25, -0.2) is 4.39 Å². The van der Waals surface area contributed by atoms with Crippen molar-refractivity contribution in [1.29, 1.82) is 0 Å². The molecule has 2 aromatic rings. The zero-order chi connectivity index (χ0) is 15.7. The Labute approximate surface area is 131 Å². The van der Waals surface area contributed by atoms with Crippen LogP contribution in [0.5, 0.6) is 0 Å². The summed E-state index contributed by atoms with van der Waals surface area (Å²) in [5, 5.41) is 6.57. The summed E-state index contributed by atoms with van der Waals surface area (Å²) in [4.78, 5) is 12.1. The summed E-state index contributed by atoms with van der Waals surface area (Å²) in [6, 6.07) is 5.79. The van der Waals surface area contributed by atoms with Crippen LogP contribution in [0.3, 0.4) is 0 Å². The molecule has 0 bridgehead atoms. The maximum Gasteiger partial charge on any atom is 0.290 e. The number of aryl methyl sites for hydroxylation is 1. The van der Waals surface area contributed by atoms with Crippen LogP contribution in [0.2, 0.25) is 5.02 Å². The number of aromatic nitrogens is 1. The summed E-state index contributed by atoms with van der Waals surface area (Å²) in [5.74, 6) is -0.730. The maximum absolute atomic E-state index is 13.6. The lowest BCUT2D eigenvalue weighted by atomic mass is 10.0. The lowest BCUT2D eigenvalue weighted by molar-refractivity contribution is 0.0794. The Kier molecular flexibility index (Phi) is 4.13. The van der Waals surface area contributed by atoms with E-state index in [-0.39, 0.29) is 22.7 Å². The molecule has 0 saturated carbocycles. The van der Waals surface area contributed by atoms with Crippen molar-refractivity contribution in [3.05, 3.63) is 52.1 Å². The summed E-state index contributed by atoms with van der Waals surface area (Å²) in [7, 11) is 0. The number of amides is 1. The van der Waals surface area contributed by atoms with Gasteiger partial charge in [0.1, 0.15) is 11.9 Å². The highest BCUT2D eigenvalue weighted by atomic mass is 35.5. The van der Waals surface area contributed by atoms with Crippen LogP contribution in [0.4, 0.5) is 4.39 Å². The fourth-order valence-electron chi connectivity index (χ4n) is 2.47. The van der Waals surface area contributed by atoms with Gasteiger partial charge >= 0.3 is 0 Å². The molecule has 1 N–H and O–H groups in total. The van der Waals surface area contributed by atoms with E-state index in [1.165, 1.54) is 12.1 Å². The normalized spacial score (nSPS) is 21.0. The number of rotatable bonds is 3. The van der Waals surface area contributed by atoms with Gasteiger partial charge in [0.15, 0.2) is 0 Å². The van der Waals surface area contributed by atoms with Crippen LogP contribution in [0.15, 0.2) is 28.8 Å². The first kappa shape index (κ1) is 15.0. The number of nitrogens with zero attached hydrogens (tertiary/aromatic N) is 1. The first-order valence-electron chi connectivity index (χ1n) is 6.85. The van der Waals surface area contributed by atoms with E-state index in [2.05, 4.69) is 10.5 Å². The van der Waals surface area contributed by atoms with Gasteiger partial charge in [-0.15, -0.1) is 0 Å². The van der Waals surface area contributed by atoms with Crippen LogP contribution in [0.1, 0.15) is 34.3 Å². The van der Waals surface area contributed by atoms with E-state index >= 15 is 0 Å². The van der Waals surface area contributed by atoms with Gasteiger partial charge in [0.05, 0.1) is 16.8 Å². The van der Waals surface area contributed by atoms with Gasteiger partial charge in [-0.3, -0.25) is 4.79 Å².